The topological polar surface area (TPSA) is 38.5 Å². The maximum atomic E-state index is 6.04. The van der Waals surface area contributed by atoms with E-state index in [0.717, 1.165) is 11.4 Å². The van der Waals surface area contributed by atoms with Crippen LogP contribution < -0.4 is 10.8 Å². The van der Waals surface area contributed by atoms with Crippen molar-refractivity contribution in [1.29, 1.82) is 0 Å². The van der Waals surface area contributed by atoms with Gasteiger partial charge in [-0.15, -0.1) is 0 Å². The Morgan fingerprint density at radius 1 is 1.00 bits per heavy atom. The van der Waals surface area contributed by atoms with Crippen LogP contribution in [0.25, 0.3) is 0 Å². The molecule has 0 atom stereocenters. The van der Waals surface area contributed by atoms with Gasteiger partial charge in [-0.25, -0.2) is 5.06 Å². The standard InChI is InChI=1S/C16H20N2O/c1-13(2)12-19-18(14-8-4-3-5-9-14)16-11-7-6-10-15(16)17/h3-11,13H,12,17H2,1-2H3. The first kappa shape index (κ1) is 13.4. The molecule has 19 heavy (non-hydrogen) atoms. The largest absolute Gasteiger partial charge is 0.397 e. The van der Waals surface area contributed by atoms with Gasteiger partial charge < -0.3 is 5.73 Å². The summed E-state index contributed by atoms with van der Waals surface area (Å²) in [6.07, 6.45) is 0. The molecular weight excluding hydrogens is 236 g/mol. The quantitative estimate of drug-likeness (QED) is 0.649. The fourth-order valence-corrected chi connectivity index (χ4v) is 1.74. The zero-order valence-electron chi connectivity index (χ0n) is 11.4. The van der Waals surface area contributed by atoms with Crippen molar-refractivity contribution in [3.63, 3.8) is 0 Å². The van der Waals surface area contributed by atoms with E-state index in [0.29, 0.717) is 18.2 Å². The minimum atomic E-state index is 0.455. The summed E-state index contributed by atoms with van der Waals surface area (Å²) in [7, 11) is 0. The molecule has 3 nitrogen and oxygen atoms in total. The van der Waals surface area contributed by atoms with Crippen LogP contribution in [0.3, 0.4) is 0 Å². The molecule has 0 aliphatic carbocycles. The van der Waals surface area contributed by atoms with Gasteiger partial charge in [-0.1, -0.05) is 44.2 Å². The highest BCUT2D eigenvalue weighted by molar-refractivity contribution is 5.72. The van der Waals surface area contributed by atoms with Crippen LogP contribution in [0.15, 0.2) is 54.6 Å². The smallest absolute Gasteiger partial charge is 0.0924 e. The molecule has 0 aliphatic rings. The van der Waals surface area contributed by atoms with Crippen LogP contribution >= 0.6 is 0 Å². The van der Waals surface area contributed by atoms with Crippen LogP contribution in [-0.4, -0.2) is 6.61 Å². The molecule has 0 spiro atoms. The van der Waals surface area contributed by atoms with Gasteiger partial charge >= 0.3 is 0 Å². The molecule has 2 aromatic rings. The van der Waals surface area contributed by atoms with E-state index in [1.807, 2.05) is 54.6 Å². The van der Waals surface area contributed by atoms with Crippen molar-refractivity contribution >= 4 is 17.1 Å². The molecule has 2 N–H and O–H groups in total. The van der Waals surface area contributed by atoms with Gasteiger partial charge in [-0.05, 0) is 30.2 Å². The predicted octanol–water partition coefficient (Wildman–Crippen LogP) is 3.99. The normalized spacial score (nSPS) is 10.7. The fraction of sp³-hybridized carbons (Fsp3) is 0.250. The highest BCUT2D eigenvalue weighted by Crippen LogP contribution is 2.30. The summed E-state index contributed by atoms with van der Waals surface area (Å²) in [6.45, 7) is 4.89. The summed E-state index contributed by atoms with van der Waals surface area (Å²) in [5.74, 6) is 0.455. The molecule has 0 unspecified atom stereocenters. The van der Waals surface area contributed by atoms with Crippen molar-refractivity contribution in [3.05, 3.63) is 54.6 Å². The van der Waals surface area contributed by atoms with Gasteiger partial charge in [-0.2, -0.15) is 0 Å². The molecule has 0 fully saturated rings. The Balaban J connectivity index is 2.32. The van der Waals surface area contributed by atoms with E-state index >= 15 is 0 Å². The van der Waals surface area contributed by atoms with Gasteiger partial charge in [0.1, 0.15) is 0 Å². The Kier molecular flexibility index (Phi) is 4.42. The van der Waals surface area contributed by atoms with Crippen LogP contribution in [0.1, 0.15) is 13.8 Å². The molecule has 0 radical (unpaired) electrons. The molecule has 0 saturated heterocycles. The second kappa shape index (κ2) is 6.25. The van der Waals surface area contributed by atoms with Crippen molar-refractivity contribution in [3.8, 4) is 0 Å². The van der Waals surface area contributed by atoms with E-state index in [-0.39, 0.29) is 0 Å². The highest BCUT2D eigenvalue weighted by Gasteiger charge is 2.13. The number of hydrogen-bond donors (Lipinski definition) is 1. The molecule has 100 valence electrons. The number of rotatable bonds is 5. The van der Waals surface area contributed by atoms with Gasteiger partial charge in [-0.3, -0.25) is 4.84 Å². The molecule has 0 saturated carbocycles. The maximum Gasteiger partial charge on any atom is 0.0924 e. The number of benzene rings is 2. The van der Waals surface area contributed by atoms with E-state index in [1.165, 1.54) is 0 Å². The zero-order valence-corrected chi connectivity index (χ0v) is 11.4. The number of hydrogen-bond acceptors (Lipinski definition) is 3. The summed E-state index contributed by atoms with van der Waals surface area (Å²) in [6, 6.07) is 17.7. The first-order chi connectivity index (χ1) is 9.18. The Morgan fingerprint density at radius 2 is 1.63 bits per heavy atom. The van der Waals surface area contributed by atoms with Gasteiger partial charge in [0, 0.05) is 0 Å². The number of anilines is 3. The lowest BCUT2D eigenvalue weighted by atomic mass is 10.2. The maximum absolute atomic E-state index is 6.04. The number of nitrogens with zero attached hydrogens (tertiary/aromatic N) is 1. The first-order valence-electron chi connectivity index (χ1n) is 6.51. The van der Waals surface area contributed by atoms with E-state index in [1.54, 1.807) is 5.06 Å². The zero-order chi connectivity index (χ0) is 13.7. The molecule has 0 amide bonds. The van der Waals surface area contributed by atoms with Crippen LogP contribution in [0.2, 0.25) is 0 Å². The van der Waals surface area contributed by atoms with E-state index in [2.05, 4.69) is 13.8 Å². The molecule has 2 aromatic carbocycles. The minimum absolute atomic E-state index is 0.455. The summed E-state index contributed by atoms with van der Waals surface area (Å²) in [4.78, 5) is 5.91. The summed E-state index contributed by atoms with van der Waals surface area (Å²) < 4.78 is 0. The van der Waals surface area contributed by atoms with Crippen molar-refractivity contribution in [1.82, 2.24) is 0 Å². The summed E-state index contributed by atoms with van der Waals surface area (Å²) in [5.41, 5.74) is 8.59. The number of nitrogens with two attached hydrogens (primary N) is 1. The number of para-hydroxylation sites is 3. The Hall–Kier alpha value is -2.00. The third kappa shape index (κ3) is 3.48. The Labute approximate surface area is 114 Å². The summed E-state index contributed by atoms with van der Waals surface area (Å²) >= 11 is 0. The van der Waals surface area contributed by atoms with Crippen molar-refractivity contribution < 1.29 is 4.84 Å². The monoisotopic (exact) mass is 256 g/mol. The van der Waals surface area contributed by atoms with Crippen LogP contribution in [-0.2, 0) is 4.84 Å². The lowest BCUT2D eigenvalue weighted by molar-refractivity contribution is 0.111. The predicted molar refractivity (Wildman–Crippen MR) is 80.2 cm³/mol. The Bertz CT molecular complexity index is 511. The van der Waals surface area contributed by atoms with Crippen molar-refractivity contribution in [2.45, 2.75) is 13.8 Å². The molecule has 0 bridgehead atoms. The molecule has 0 aliphatic heterocycles. The summed E-state index contributed by atoms with van der Waals surface area (Å²) in [5, 5.41) is 1.80. The van der Waals surface area contributed by atoms with Gasteiger partial charge in [0.15, 0.2) is 0 Å². The van der Waals surface area contributed by atoms with Gasteiger partial charge in [0.2, 0.25) is 0 Å². The molecule has 0 heterocycles. The van der Waals surface area contributed by atoms with E-state index in [9.17, 15) is 0 Å². The lowest BCUT2D eigenvalue weighted by Crippen LogP contribution is -2.21. The Morgan fingerprint density at radius 3 is 2.26 bits per heavy atom. The van der Waals surface area contributed by atoms with Gasteiger partial charge in [0.25, 0.3) is 0 Å². The second-order valence-electron chi connectivity index (χ2n) is 4.88. The SMILES string of the molecule is CC(C)CON(c1ccccc1)c1ccccc1N. The van der Waals surface area contributed by atoms with Crippen LogP contribution in [0, 0.1) is 5.92 Å². The van der Waals surface area contributed by atoms with Gasteiger partial charge in [0.05, 0.1) is 23.7 Å². The van der Waals surface area contributed by atoms with E-state index < -0.39 is 0 Å². The lowest BCUT2D eigenvalue weighted by Gasteiger charge is -2.26. The van der Waals surface area contributed by atoms with E-state index in [4.69, 9.17) is 10.6 Å². The molecule has 0 aromatic heterocycles. The second-order valence-corrected chi connectivity index (χ2v) is 4.88. The third-order valence-corrected chi connectivity index (χ3v) is 2.68. The molecule has 3 heteroatoms. The molecular formula is C16H20N2O. The fourth-order valence-electron chi connectivity index (χ4n) is 1.74. The van der Waals surface area contributed by atoms with Crippen LogP contribution in [0.4, 0.5) is 17.1 Å². The molecule has 2 rings (SSSR count). The number of nitrogen functional groups attached to an aromatic ring is 1. The van der Waals surface area contributed by atoms with Crippen molar-refractivity contribution in [2.24, 2.45) is 5.92 Å². The average molecular weight is 256 g/mol. The highest BCUT2D eigenvalue weighted by atomic mass is 16.7. The minimum Gasteiger partial charge on any atom is -0.397 e. The third-order valence-electron chi connectivity index (χ3n) is 2.68. The average Bonchev–Trinajstić information content (AvgIpc) is 2.42. The van der Waals surface area contributed by atoms with Crippen molar-refractivity contribution in [2.75, 3.05) is 17.4 Å². The first-order valence-corrected chi connectivity index (χ1v) is 6.51. The van der Waals surface area contributed by atoms with Crippen LogP contribution in [0.5, 0.6) is 0 Å².